The fraction of sp³-hybridized carbons (Fsp3) is 0.318. The highest BCUT2D eigenvalue weighted by molar-refractivity contribution is 5.88. The van der Waals surface area contributed by atoms with Crippen molar-refractivity contribution in [1.29, 1.82) is 0 Å². The second-order valence-electron chi connectivity index (χ2n) is 7.77. The van der Waals surface area contributed by atoms with Crippen LogP contribution in [0.4, 0.5) is 11.4 Å². The van der Waals surface area contributed by atoms with E-state index in [1.54, 1.807) is 0 Å². The molecule has 6 heteroatoms. The topological polar surface area (TPSA) is 83.1 Å². The Kier molecular flexibility index (Phi) is 4.63. The number of nitroso groups, excluding NO2 is 1. The van der Waals surface area contributed by atoms with Crippen LogP contribution in [0.15, 0.2) is 56.9 Å². The quantitative estimate of drug-likeness (QED) is 0.645. The van der Waals surface area contributed by atoms with Crippen LogP contribution in [-0.4, -0.2) is 18.2 Å². The molecule has 0 aliphatic carbocycles. The summed E-state index contributed by atoms with van der Waals surface area (Å²) in [4.78, 5) is 25.6. The number of anilines is 1. The molecular weight excluding hydrogens is 356 g/mol. The average Bonchev–Trinajstić information content (AvgIpc) is 2.68. The van der Waals surface area contributed by atoms with Crippen molar-refractivity contribution in [3.63, 3.8) is 0 Å². The summed E-state index contributed by atoms with van der Waals surface area (Å²) in [5.74, 6) is 1.23. The maximum Gasteiger partial charge on any atom is 0.193 e. The molecule has 1 aliphatic rings. The zero-order valence-electron chi connectivity index (χ0n) is 15.9. The Bertz CT molecular complexity index is 1080. The zero-order chi connectivity index (χ0) is 19.8. The van der Waals surface area contributed by atoms with Gasteiger partial charge in [-0.05, 0) is 59.8 Å². The Morgan fingerprint density at radius 1 is 1.07 bits per heavy atom. The third kappa shape index (κ3) is 3.26. The molecule has 1 saturated heterocycles. The molecule has 1 aliphatic heterocycles. The molecule has 2 heterocycles. The van der Waals surface area contributed by atoms with Crippen molar-refractivity contribution in [3.05, 3.63) is 57.6 Å². The molecular formula is C22H22N2O4. The molecule has 0 amide bonds. The fourth-order valence-electron chi connectivity index (χ4n) is 4.12. The predicted molar refractivity (Wildman–Crippen MR) is 110 cm³/mol. The van der Waals surface area contributed by atoms with Gasteiger partial charge in [0.2, 0.25) is 0 Å². The van der Waals surface area contributed by atoms with Gasteiger partial charge in [-0.2, -0.15) is 0 Å². The summed E-state index contributed by atoms with van der Waals surface area (Å²) < 4.78 is 5.76. The van der Waals surface area contributed by atoms with Crippen LogP contribution >= 0.6 is 0 Å². The van der Waals surface area contributed by atoms with Gasteiger partial charge in [-0.3, -0.25) is 4.79 Å². The Balaban J connectivity index is 1.71. The molecule has 1 fully saturated rings. The van der Waals surface area contributed by atoms with Crippen LogP contribution in [0.1, 0.15) is 20.3 Å². The number of nitrogens with zero attached hydrogens (tertiary/aromatic N) is 2. The lowest BCUT2D eigenvalue weighted by Gasteiger charge is -2.36. The molecule has 0 saturated carbocycles. The van der Waals surface area contributed by atoms with Crippen molar-refractivity contribution in [1.82, 2.24) is 0 Å². The Morgan fingerprint density at radius 2 is 1.75 bits per heavy atom. The van der Waals surface area contributed by atoms with Crippen LogP contribution in [0.5, 0.6) is 5.75 Å². The highest BCUT2D eigenvalue weighted by Crippen LogP contribution is 2.35. The number of piperidine rings is 1. The van der Waals surface area contributed by atoms with E-state index < -0.39 is 5.75 Å². The van der Waals surface area contributed by atoms with Gasteiger partial charge in [0.05, 0.1) is 5.39 Å². The Morgan fingerprint density at radius 3 is 2.39 bits per heavy atom. The number of rotatable bonds is 3. The number of phenolic OH excluding ortho intramolecular Hbond substituents is 1. The fourth-order valence-corrected chi connectivity index (χ4v) is 4.12. The largest absolute Gasteiger partial charge is 0.503 e. The second kappa shape index (κ2) is 7.11. The van der Waals surface area contributed by atoms with E-state index in [1.165, 1.54) is 24.6 Å². The van der Waals surface area contributed by atoms with Gasteiger partial charge in [0.1, 0.15) is 5.76 Å². The summed E-state index contributed by atoms with van der Waals surface area (Å²) in [5, 5.41) is 13.1. The van der Waals surface area contributed by atoms with Crippen LogP contribution in [0.25, 0.3) is 22.3 Å². The Hall–Kier alpha value is -3.15. The molecule has 1 N–H and O–H groups in total. The van der Waals surface area contributed by atoms with Crippen LogP contribution in [0, 0.1) is 16.7 Å². The molecule has 28 heavy (non-hydrogen) atoms. The number of hydrogen-bond acceptors (Lipinski definition) is 6. The maximum absolute atomic E-state index is 12.4. The predicted octanol–water partition coefficient (Wildman–Crippen LogP) is 5.05. The third-order valence-corrected chi connectivity index (χ3v) is 5.33. The monoisotopic (exact) mass is 378 g/mol. The van der Waals surface area contributed by atoms with Crippen molar-refractivity contribution >= 4 is 22.3 Å². The first kappa shape index (κ1) is 18.2. The minimum Gasteiger partial charge on any atom is -0.503 e. The van der Waals surface area contributed by atoms with Gasteiger partial charge in [0, 0.05) is 30.4 Å². The van der Waals surface area contributed by atoms with E-state index in [-0.39, 0.29) is 22.1 Å². The van der Waals surface area contributed by atoms with Crippen molar-refractivity contribution in [2.75, 3.05) is 18.0 Å². The highest BCUT2D eigenvalue weighted by Gasteiger charge is 2.22. The van der Waals surface area contributed by atoms with Gasteiger partial charge in [0.15, 0.2) is 22.4 Å². The van der Waals surface area contributed by atoms with E-state index >= 15 is 0 Å². The Labute approximate surface area is 162 Å². The number of benzene rings is 2. The highest BCUT2D eigenvalue weighted by atomic mass is 16.4. The van der Waals surface area contributed by atoms with Gasteiger partial charge >= 0.3 is 0 Å². The van der Waals surface area contributed by atoms with Crippen LogP contribution in [0.3, 0.4) is 0 Å². The molecule has 3 aromatic rings. The summed E-state index contributed by atoms with van der Waals surface area (Å²) in [6.07, 6.45) is 1.25. The van der Waals surface area contributed by atoms with Gasteiger partial charge < -0.3 is 14.4 Å². The van der Waals surface area contributed by atoms with Crippen molar-refractivity contribution in [2.24, 2.45) is 17.0 Å². The first-order valence-corrected chi connectivity index (χ1v) is 9.45. The van der Waals surface area contributed by atoms with Crippen molar-refractivity contribution < 1.29 is 9.52 Å². The van der Waals surface area contributed by atoms with Crippen molar-refractivity contribution in [2.45, 2.75) is 20.3 Å². The van der Waals surface area contributed by atoms with E-state index in [4.69, 9.17) is 4.42 Å². The minimum atomic E-state index is -0.417. The first-order chi connectivity index (χ1) is 13.5. The van der Waals surface area contributed by atoms with Gasteiger partial charge in [-0.25, -0.2) is 0 Å². The first-order valence-electron chi connectivity index (χ1n) is 9.45. The normalized spacial score (nSPS) is 19.7. The molecule has 0 bridgehead atoms. The maximum atomic E-state index is 12.4. The van der Waals surface area contributed by atoms with Gasteiger partial charge in [-0.1, -0.05) is 13.8 Å². The summed E-state index contributed by atoms with van der Waals surface area (Å²) in [6, 6.07) is 12.0. The molecule has 0 radical (unpaired) electrons. The zero-order valence-corrected chi connectivity index (χ0v) is 15.9. The molecule has 0 spiro atoms. The molecule has 144 valence electrons. The average molecular weight is 378 g/mol. The minimum absolute atomic E-state index is 0.0256. The lowest BCUT2D eigenvalue weighted by Crippen LogP contribution is -2.38. The molecule has 2 atom stereocenters. The van der Waals surface area contributed by atoms with Crippen molar-refractivity contribution in [3.8, 4) is 17.1 Å². The molecule has 6 nitrogen and oxygen atoms in total. The van der Waals surface area contributed by atoms with Crippen LogP contribution in [0.2, 0.25) is 0 Å². The third-order valence-electron chi connectivity index (χ3n) is 5.33. The lowest BCUT2D eigenvalue weighted by atomic mass is 9.91. The standard InChI is InChI=1S/C22H22N2O4/c1-13-9-14(2)12-24(11-13)16-5-3-15(4-6-16)20-10-19(25)17-7-8-18(23-27)21(26)22(17)28-20/h3-8,10,13-14,26H,9,11-12H2,1-2H3. The SMILES string of the molecule is CC1CC(C)CN(c2ccc(-c3cc(=O)c4ccc(N=O)c(O)c4o3)cc2)C1. The van der Waals surface area contributed by atoms with E-state index in [9.17, 15) is 14.8 Å². The smallest absolute Gasteiger partial charge is 0.193 e. The second-order valence-corrected chi connectivity index (χ2v) is 7.77. The summed E-state index contributed by atoms with van der Waals surface area (Å²) >= 11 is 0. The van der Waals surface area contributed by atoms with Gasteiger partial charge in [0.25, 0.3) is 0 Å². The summed E-state index contributed by atoms with van der Waals surface area (Å²) in [7, 11) is 0. The van der Waals surface area contributed by atoms with Crippen LogP contribution < -0.4 is 10.3 Å². The molecule has 2 aromatic carbocycles. The summed E-state index contributed by atoms with van der Waals surface area (Å²) in [6.45, 7) is 6.61. The van der Waals surface area contributed by atoms with Gasteiger partial charge in [-0.15, -0.1) is 4.91 Å². The number of fused-ring (bicyclic) bond motifs is 1. The lowest BCUT2D eigenvalue weighted by molar-refractivity contribution is 0.357. The summed E-state index contributed by atoms with van der Waals surface area (Å²) in [5.41, 5.74) is 1.40. The van der Waals surface area contributed by atoms with E-state index in [1.807, 2.05) is 24.3 Å². The molecule has 1 aromatic heterocycles. The number of hydrogen-bond donors (Lipinski definition) is 1. The van der Waals surface area contributed by atoms with E-state index in [0.29, 0.717) is 17.6 Å². The molecule has 4 rings (SSSR count). The number of aromatic hydroxyl groups is 1. The van der Waals surface area contributed by atoms with E-state index in [2.05, 4.69) is 23.9 Å². The number of phenols is 1. The molecule has 2 unspecified atom stereocenters. The van der Waals surface area contributed by atoms with E-state index in [0.717, 1.165) is 24.3 Å². The van der Waals surface area contributed by atoms with Crippen LogP contribution in [-0.2, 0) is 0 Å².